The van der Waals surface area contributed by atoms with E-state index in [2.05, 4.69) is 42.9 Å². The number of amides is 1. The van der Waals surface area contributed by atoms with Gasteiger partial charge in [-0.3, -0.25) is 4.79 Å². The van der Waals surface area contributed by atoms with Crippen LogP contribution in [-0.4, -0.2) is 11.9 Å². The van der Waals surface area contributed by atoms with Gasteiger partial charge in [0.15, 0.2) is 0 Å². The Kier molecular flexibility index (Phi) is 6.27. The number of aryl methyl sites for hydroxylation is 1. The number of carbonyl (C=O) groups is 1. The minimum absolute atomic E-state index is 0.174. The zero-order valence-electron chi connectivity index (χ0n) is 11.0. The summed E-state index contributed by atoms with van der Waals surface area (Å²) in [5.74, 6) is 0.882. The van der Waals surface area contributed by atoms with Crippen LogP contribution in [0.15, 0.2) is 16.8 Å². The van der Waals surface area contributed by atoms with E-state index in [1.54, 1.807) is 11.3 Å². The number of rotatable bonds is 7. The number of nitrogens with one attached hydrogen (secondary N) is 1. The zero-order chi connectivity index (χ0) is 12.7. The third-order valence-electron chi connectivity index (χ3n) is 2.81. The molecule has 0 radical (unpaired) electrons. The van der Waals surface area contributed by atoms with Gasteiger partial charge in [-0.05, 0) is 54.5 Å². The van der Waals surface area contributed by atoms with Crippen LogP contribution in [0.1, 0.15) is 45.6 Å². The van der Waals surface area contributed by atoms with Gasteiger partial charge in [0, 0.05) is 12.5 Å². The summed E-state index contributed by atoms with van der Waals surface area (Å²) in [6, 6.07) is 2.38. The summed E-state index contributed by atoms with van der Waals surface area (Å²) < 4.78 is 0. The Balaban J connectivity index is 2.16. The van der Waals surface area contributed by atoms with Crippen LogP contribution in [0.3, 0.4) is 0 Å². The topological polar surface area (TPSA) is 29.1 Å². The Morgan fingerprint density at radius 1 is 1.35 bits per heavy atom. The fraction of sp³-hybridized carbons (Fsp3) is 0.643. The van der Waals surface area contributed by atoms with Gasteiger partial charge in [0.05, 0.1) is 0 Å². The van der Waals surface area contributed by atoms with Crippen LogP contribution in [0.5, 0.6) is 0 Å². The monoisotopic (exact) mass is 253 g/mol. The molecule has 1 amide bonds. The molecule has 0 spiro atoms. The highest BCUT2D eigenvalue weighted by molar-refractivity contribution is 7.07. The first-order valence-electron chi connectivity index (χ1n) is 6.38. The molecule has 0 aliphatic rings. The standard InChI is InChI=1S/C14H23NOS/c1-11(2)4-5-12(3)15-14(16)7-6-13-8-9-17-10-13/h8-12H,4-7H2,1-3H3,(H,15,16)/t12-/m1/s1. The number of hydrogen-bond acceptors (Lipinski definition) is 2. The third kappa shape index (κ3) is 6.47. The maximum atomic E-state index is 11.7. The zero-order valence-corrected chi connectivity index (χ0v) is 11.8. The first-order chi connectivity index (χ1) is 8.08. The second kappa shape index (κ2) is 7.49. The molecule has 0 fully saturated rings. The predicted molar refractivity (Wildman–Crippen MR) is 74.3 cm³/mol. The van der Waals surface area contributed by atoms with Crippen molar-refractivity contribution in [3.05, 3.63) is 22.4 Å². The van der Waals surface area contributed by atoms with Crippen molar-refractivity contribution in [3.8, 4) is 0 Å². The van der Waals surface area contributed by atoms with E-state index in [0.717, 1.165) is 12.8 Å². The maximum absolute atomic E-state index is 11.7. The van der Waals surface area contributed by atoms with Crippen molar-refractivity contribution in [1.82, 2.24) is 5.32 Å². The van der Waals surface area contributed by atoms with Crippen molar-refractivity contribution < 1.29 is 4.79 Å². The Morgan fingerprint density at radius 3 is 2.71 bits per heavy atom. The van der Waals surface area contributed by atoms with Crippen molar-refractivity contribution in [1.29, 1.82) is 0 Å². The molecule has 96 valence electrons. The van der Waals surface area contributed by atoms with Crippen molar-refractivity contribution in [2.45, 2.75) is 52.5 Å². The molecule has 3 heteroatoms. The molecule has 1 heterocycles. The molecular weight excluding hydrogens is 230 g/mol. The normalized spacial score (nSPS) is 12.7. The molecule has 1 aromatic rings. The summed E-state index contributed by atoms with van der Waals surface area (Å²) in [4.78, 5) is 11.7. The minimum atomic E-state index is 0.174. The third-order valence-corrected chi connectivity index (χ3v) is 3.54. The van der Waals surface area contributed by atoms with Crippen molar-refractivity contribution in [3.63, 3.8) is 0 Å². The van der Waals surface area contributed by atoms with Gasteiger partial charge in [0.25, 0.3) is 0 Å². The second-order valence-electron chi connectivity index (χ2n) is 5.07. The highest BCUT2D eigenvalue weighted by Crippen LogP contribution is 2.09. The van der Waals surface area contributed by atoms with E-state index in [1.807, 2.05) is 0 Å². The lowest BCUT2D eigenvalue weighted by Crippen LogP contribution is -2.32. The van der Waals surface area contributed by atoms with Crippen molar-refractivity contribution in [2.24, 2.45) is 5.92 Å². The number of thiophene rings is 1. The largest absolute Gasteiger partial charge is 0.354 e. The van der Waals surface area contributed by atoms with Crippen molar-refractivity contribution in [2.75, 3.05) is 0 Å². The Labute approximate surface area is 108 Å². The van der Waals surface area contributed by atoms with E-state index in [9.17, 15) is 4.79 Å². The van der Waals surface area contributed by atoms with E-state index in [4.69, 9.17) is 0 Å². The van der Waals surface area contributed by atoms with Crippen LogP contribution in [0.25, 0.3) is 0 Å². The van der Waals surface area contributed by atoms with Gasteiger partial charge in [0.2, 0.25) is 5.91 Å². The van der Waals surface area contributed by atoms with Crippen LogP contribution in [0.4, 0.5) is 0 Å². The van der Waals surface area contributed by atoms with Crippen molar-refractivity contribution >= 4 is 17.2 Å². The number of carbonyl (C=O) groups excluding carboxylic acids is 1. The first-order valence-corrected chi connectivity index (χ1v) is 7.32. The molecule has 0 saturated heterocycles. The lowest BCUT2D eigenvalue weighted by Gasteiger charge is -2.14. The molecule has 1 N–H and O–H groups in total. The molecule has 0 saturated carbocycles. The van der Waals surface area contributed by atoms with Gasteiger partial charge in [-0.1, -0.05) is 13.8 Å². The van der Waals surface area contributed by atoms with Gasteiger partial charge < -0.3 is 5.32 Å². The summed E-state index contributed by atoms with van der Waals surface area (Å²) in [5.41, 5.74) is 1.26. The Bertz CT molecular complexity index is 319. The quantitative estimate of drug-likeness (QED) is 0.790. The summed E-state index contributed by atoms with van der Waals surface area (Å²) >= 11 is 1.68. The molecule has 0 unspecified atom stereocenters. The molecule has 1 aromatic heterocycles. The fourth-order valence-electron chi connectivity index (χ4n) is 1.70. The fourth-order valence-corrected chi connectivity index (χ4v) is 2.40. The Morgan fingerprint density at radius 2 is 2.12 bits per heavy atom. The lowest BCUT2D eigenvalue weighted by molar-refractivity contribution is -0.121. The van der Waals surface area contributed by atoms with E-state index < -0.39 is 0 Å². The van der Waals surface area contributed by atoms with Crippen LogP contribution in [-0.2, 0) is 11.2 Å². The van der Waals surface area contributed by atoms with Gasteiger partial charge >= 0.3 is 0 Å². The molecule has 0 aromatic carbocycles. The predicted octanol–water partition coefficient (Wildman–Crippen LogP) is 3.62. The van der Waals surface area contributed by atoms with Gasteiger partial charge in [-0.15, -0.1) is 0 Å². The van der Waals surface area contributed by atoms with Gasteiger partial charge in [-0.25, -0.2) is 0 Å². The summed E-state index contributed by atoms with van der Waals surface area (Å²) in [7, 11) is 0. The lowest BCUT2D eigenvalue weighted by atomic mass is 10.0. The van der Waals surface area contributed by atoms with E-state index in [1.165, 1.54) is 12.0 Å². The number of hydrogen-bond donors (Lipinski definition) is 1. The second-order valence-corrected chi connectivity index (χ2v) is 5.85. The smallest absolute Gasteiger partial charge is 0.220 e. The molecule has 2 nitrogen and oxygen atoms in total. The average Bonchev–Trinajstić information content (AvgIpc) is 2.76. The van der Waals surface area contributed by atoms with Crippen LogP contribution in [0.2, 0.25) is 0 Å². The molecule has 0 aliphatic heterocycles. The van der Waals surface area contributed by atoms with Gasteiger partial charge in [-0.2, -0.15) is 11.3 Å². The minimum Gasteiger partial charge on any atom is -0.354 e. The van der Waals surface area contributed by atoms with Crippen LogP contribution < -0.4 is 5.32 Å². The molecule has 17 heavy (non-hydrogen) atoms. The van der Waals surface area contributed by atoms with E-state index >= 15 is 0 Å². The molecular formula is C14H23NOS. The summed E-state index contributed by atoms with van der Waals surface area (Å²) in [6.07, 6.45) is 3.70. The highest BCUT2D eigenvalue weighted by Gasteiger charge is 2.08. The molecule has 0 bridgehead atoms. The first kappa shape index (κ1) is 14.2. The molecule has 1 rings (SSSR count). The molecule has 1 atom stereocenters. The molecule has 0 aliphatic carbocycles. The van der Waals surface area contributed by atoms with Crippen LogP contribution >= 0.6 is 11.3 Å². The maximum Gasteiger partial charge on any atom is 0.220 e. The van der Waals surface area contributed by atoms with Crippen LogP contribution in [0, 0.1) is 5.92 Å². The van der Waals surface area contributed by atoms with Gasteiger partial charge in [0.1, 0.15) is 0 Å². The van der Waals surface area contributed by atoms with E-state index in [0.29, 0.717) is 18.4 Å². The Hall–Kier alpha value is -0.830. The average molecular weight is 253 g/mol. The van der Waals surface area contributed by atoms with E-state index in [-0.39, 0.29) is 5.91 Å². The summed E-state index contributed by atoms with van der Waals surface area (Å²) in [5, 5.41) is 7.22. The SMILES string of the molecule is CC(C)CC[C@@H](C)NC(=O)CCc1ccsc1. The highest BCUT2D eigenvalue weighted by atomic mass is 32.1. The summed E-state index contributed by atoms with van der Waals surface area (Å²) in [6.45, 7) is 6.51.